The molecule has 0 unspecified atom stereocenters. The highest BCUT2D eigenvalue weighted by Gasteiger charge is 2.19. The van der Waals surface area contributed by atoms with Gasteiger partial charge in [-0.15, -0.1) is 0 Å². The van der Waals surface area contributed by atoms with E-state index in [1.807, 2.05) is 17.0 Å². The largest absolute Gasteiger partial charge is 0.497 e. The Bertz CT molecular complexity index is 590. The summed E-state index contributed by atoms with van der Waals surface area (Å²) in [6, 6.07) is 7.13. The van der Waals surface area contributed by atoms with Crippen LogP contribution < -0.4 is 9.30 Å². The maximum Gasteiger partial charge on any atom is 0.227 e. The summed E-state index contributed by atoms with van der Waals surface area (Å²) in [7, 11) is 1.60. The van der Waals surface area contributed by atoms with E-state index in [0.29, 0.717) is 18.5 Å². The first kappa shape index (κ1) is 14.7. The summed E-state index contributed by atoms with van der Waals surface area (Å²) >= 11 is 1.57. The molecule has 1 N–H and O–H groups in total. The molecular weight excluding hydrogens is 274 g/mol. The molecule has 1 heterocycles. The van der Waals surface area contributed by atoms with E-state index in [-0.39, 0.29) is 12.4 Å². The number of ketones is 1. The average molecular weight is 292 g/mol. The molecule has 0 fully saturated rings. The quantitative estimate of drug-likeness (QED) is 0.652. The van der Waals surface area contributed by atoms with Crippen molar-refractivity contribution in [3.8, 4) is 5.75 Å². The van der Waals surface area contributed by atoms with Gasteiger partial charge in [-0.1, -0.05) is 11.3 Å². The van der Waals surface area contributed by atoms with Crippen LogP contribution in [0.4, 0.5) is 0 Å². The van der Waals surface area contributed by atoms with Crippen LogP contribution in [0.2, 0.25) is 0 Å². The Labute approximate surface area is 122 Å². The van der Waals surface area contributed by atoms with Gasteiger partial charge in [0, 0.05) is 25.5 Å². The van der Waals surface area contributed by atoms with Crippen molar-refractivity contribution in [3.63, 3.8) is 0 Å². The third-order valence-corrected chi connectivity index (χ3v) is 4.37. The van der Waals surface area contributed by atoms with Crippen LogP contribution >= 0.6 is 11.3 Å². The maximum atomic E-state index is 12.2. The van der Waals surface area contributed by atoms with Gasteiger partial charge in [0.05, 0.1) is 12.0 Å². The van der Waals surface area contributed by atoms with Crippen molar-refractivity contribution >= 4 is 17.1 Å². The number of benzene rings is 1. The first-order chi connectivity index (χ1) is 9.65. The summed E-state index contributed by atoms with van der Waals surface area (Å²) in [6.45, 7) is 2.43. The van der Waals surface area contributed by atoms with Gasteiger partial charge in [0.2, 0.25) is 17.8 Å². The van der Waals surface area contributed by atoms with E-state index in [0.717, 1.165) is 16.3 Å². The van der Waals surface area contributed by atoms with Gasteiger partial charge in [-0.2, -0.15) is 4.57 Å². The number of methoxy groups -OCH3 is 1. The Hall–Kier alpha value is -1.72. The van der Waals surface area contributed by atoms with E-state index in [1.54, 1.807) is 42.7 Å². The minimum Gasteiger partial charge on any atom is -0.497 e. The van der Waals surface area contributed by atoms with Gasteiger partial charge in [-0.05, 0) is 24.3 Å². The molecule has 0 radical (unpaired) electrons. The second-order valence-corrected chi connectivity index (χ2v) is 5.42. The lowest BCUT2D eigenvalue weighted by Crippen LogP contribution is -2.38. The molecule has 20 heavy (non-hydrogen) atoms. The van der Waals surface area contributed by atoms with Crippen LogP contribution in [0.25, 0.3) is 0 Å². The fraction of sp³-hybridized carbons (Fsp3) is 0.333. The molecule has 4 nitrogen and oxygen atoms in total. The van der Waals surface area contributed by atoms with Gasteiger partial charge in [-0.25, -0.2) is 0 Å². The van der Waals surface area contributed by atoms with Gasteiger partial charge in [0.1, 0.15) is 5.75 Å². The zero-order chi connectivity index (χ0) is 14.5. The first-order valence-electron chi connectivity index (χ1n) is 6.40. The number of nitrogens with zero attached hydrogens (tertiary/aromatic N) is 1. The fourth-order valence-corrected chi connectivity index (χ4v) is 2.96. The monoisotopic (exact) mass is 292 g/mol. The van der Waals surface area contributed by atoms with Gasteiger partial charge < -0.3 is 9.84 Å². The SMILES string of the molecule is COc1ccc(C(=O)C[n+]2csc(CCO)c2C)cc1. The number of rotatable bonds is 6. The zero-order valence-electron chi connectivity index (χ0n) is 11.6. The molecule has 0 aliphatic carbocycles. The van der Waals surface area contributed by atoms with Gasteiger partial charge in [0.25, 0.3) is 0 Å². The van der Waals surface area contributed by atoms with Crippen molar-refractivity contribution in [3.05, 3.63) is 45.9 Å². The number of aromatic nitrogens is 1. The summed E-state index contributed by atoms with van der Waals surface area (Å²) in [6.07, 6.45) is 0.639. The molecule has 2 rings (SSSR count). The number of ether oxygens (including phenoxy) is 1. The molecule has 0 bridgehead atoms. The number of Topliss-reactive ketones (excluding diaryl/α,β-unsaturated/α-hetero) is 1. The summed E-state index contributed by atoms with van der Waals surface area (Å²) in [5.74, 6) is 0.806. The Morgan fingerprint density at radius 2 is 2.05 bits per heavy atom. The maximum absolute atomic E-state index is 12.2. The highest BCUT2D eigenvalue weighted by molar-refractivity contribution is 7.09. The van der Waals surface area contributed by atoms with Crippen LogP contribution in [0.3, 0.4) is 0 Å². The third-order valence-electron chi connectivity index (χ3n) is 3.22. The molecule has 0 aliphatic rings. The second-order valence-electron chi connectivity index (χ2n) is 4.49. The lowest BCUT2D eigenvalue weighted by atomic mass is 10.1. The first-order valence-corrected chi connectivity index (χ1v) is 7.28. The molecule has 5 heteroatoms. The van der Waals surface area contributed by atoms with Crippen molar-refractivity contribution in [2.75, 3.05) is 13.7 Å². The number of hydrogen-bond acceptors (Lipinski definition) is 4. The number of thiazole rings is 1. The molecule has 0 spiro atoms. The Balaban J connectivity index is 2.10. The van der Waals surface area contributed by atoms with Crippen LogP contribution in [0, 0.1) is 6.92 Å². The van der Waals surface area contributed by atoms with E-state index < -0.39 is 0 Å². The summed E-state index contributed by atoms with van der Waals surface area (Å²) in [5, 5.41) is 8.98. The number of carbonyl (C=O) groups excluding carboxylic acids is 1. The summed E-state index contributed by atoms with van der Waals surface area (Å²) in [4.78, 5) is 13.3. The number of aliphatic hydroxyl groups excluding tert-OH is 1. The minimum atomic E-state index is 0.0640. The van der Waals surface area contributed by atoms with Crippen molar-refractivity contribution in [1.82, 2.24) is 0 Å². The van der Waals surface area contributed by atoms with Crippen LogP contribution in [0.1, 0.15) is 20.9 Å². The Morgan fingerprint density at radius 1 is 1.35 bits per heavy atom. The van der Waals surface area contributed by atoms with E-state index in [2.05, 4.69) is 0 Å². The van der Waals surface area contributed by atoms with E-state index in [1.165, 1.54) is 0 Å². The predicted molar refractivity (Wildman–Crippen MR) is 77.4 cm³/mol. The molecule has 0 amide bonds. The molecule has 106 valence electrons. The van der Waals surface area contributed by atoms with Crippen molar-refractivity contribution in [2.45, 2.75) is 19.9 Å². The molecule has 0 atom stereocenters. The topological polar surface area (TPSA) is 50.4 Å². The molecule has 0 saturated carbocycles. The molecule has 1 aromatic heterocycles. The second kappa shape index (κ2) is 6.63. The summed E-state index contributed by atoms with van der Waals surface area (Å²) in [5.41, 5.74) is 3.65. The number of carbonyl (C=O) groups is 1. The molecule has 0 aliphatic heterocycles. The van der Waals surface area contributed by atoms with Gasteiger partial charge >= 0.3 is 0 Å². The molecule has 1 aromatic carbocycles. The van der Waals surface area contributed by atoms with Crippen LogP contribution in [-0.2, 0) is 13.0 Å². The zero-order valence-corrected chi connectivity index (χ0v) is 12.4. The van der Waals surface area contributed by atoms with E-state index in [4.69, 9.17) is 9.84 Å². The lowest BCUT2D eigenvalue weighted by Gasteiger charge is -2.01. The minimum absolute atomic E-state index is 0.0640. The Kier molecular flexibility index (Phi) is 4.87. The van der Waals surface area contributed by atoms with E-state index >= 15 is 0 Å². The van der Waals surface area contributed by atoms with Gasteiger partial charge in [-0.3, -0.25) is 4.79 Å². The number of aliphatic hydroxyl groups is 1. The predicted octanol–water partition coefficient (Wildman–Crippen LogP) is 1.77. The van der Waals surface area contributed by atoms with Crippen LogP contribution in [-0.4, -0.2) is 24.6 Å². The van der Waals surface area contributed by atoms with Crippen molar-refractivity contribution in [1.29, 1.82) is 0 Å². The normalized spacial score (nSPS) is 10.6. The average Bonchev–Trinajstić information content (AvgIpc) is 2.81. The highest BCUT2D eigenvalue weighted by Crippen LogP contribution is 2.14. The molecule has 0 saturated heterocycles. The lowest BCUT2D eigenvalue weighted by molar-refractivity contribution is -0.684. The van der Waals surface area contributed by atoms with Crippen LogP contribution in [0.15, 0.2) is 29.8 Å². The van der Waals surface area contributed by atoms with Crippen molar-refractivity contribution in [2.24, 2.45) is 0 Å². The summed E-state index contributed by atoms with van der Waals surface area (Å²) < 4.78 is 7.01. The highest BCUT2D eigenvalue weighted by atomic mass is 32.1. The molecule has 2 aromatic rings. The van der Waals surface area contributed by atoms with E-state index in [9.17, 15) is 4.79 Å². The third kappa shape index (κ3) is 3.23. The number of hydrogen-bond donors (Lipinski definition) is 1. The van der Waals surface area contributed by atoms with Crippen LogP contribution in [0.5, 0.6) is 5.75 Å². The smallest absolute Gasteiger partial charge is 0.227 e. The molecular formula is C15H18NO3S+. The fourth-order valence-electron chi connectivity index (χ4n) is 1.97. The Morgan fingerprint density at radius 3 is 2.65 bits per heavy atom. The van der Waals surface area contributed by atoms with Crippen molar-refractivity contribution < 1.29 is 19.2 Å². The van der Waals surface area contributed by atoms with Gasteiger partial charge in [0.15, 0.2) is 5.69 Å². The standard InChI is InChI=1S/C15H18NO3S/c1-11-15(7-8-17)20-10-16(11)9-14(18)12-3-5-13(19-2)6-4-12/h3-6,10,17H,7-9H2,1-2H3/q+1.